The Kier molecular flexibility index (Phi) is 6.74. The molecule has 0 unspecified atom stereocenters. The minimum absolute atomic E-state index is 0. The van der Waals surface area contributed by atoms with Gasteiger partial charge in [-0.3, -0.25) is 9.59 Å². The number of carbonyl (C=O) groups is 1. The summed E-state index contributed by atoms with van der Waals surface area (Å²) in [7, 11) is 3.17. The Morgan fingerprint density at radius 2 is 2.00 bits per heavy atom. The molecule has 0 aliphatic carbocycles. The average molecular weight is 314 g/mol. The van der Waals surface area contributed by atoms with Crippen molar-refractivity contribution >= 4 is 18.3 Å². The Morgan fingerprint density at radius 1 is 1.40 bits per heavy atom. The Labute approximate surface area is 119 Å². The van der Waals surface area contributed by atoms with E-state index in [-0.39, 0.29) is 18.0 Å². The Balaban J connectivity index is 0.00000361. The predicted octanol–water partition coefficient (Wildman–Crippen LogP) is 1.11. The van der Waals surface area contributed by atoms with Gasteiger partial charge in [-0.2, -0.15) is 13.2 Å². The number of carbonyl (C=O) groups excluding carboxylic acids is 1. The quantitative estimate of drug-likeness (QED) is 0.875. The van der Waals surface area contributed by atoms with Crippen molar-refractivity contribution in [2.24, 2.45) is 0 Å². The van der Waals surface area contributed by atoms with Gasteiger partial charge in [-0.25, -0.2) is 0 Å². The Bertz CT molecular complexity index is 516. The predicted molar refractivity (Wildman–Crippen MR) is 70.2 cm³/mol. The highest BCUT2D eigenvalue weighted by atomic mass is 35.5. The van der Waals surface area contributed by atoms with Gasteiger partial charge >= 0.3 is 6.18 Å². The minimum Gasteiger partial charge on any atom is -0.340 e. The molecular weight excluding hydrogens is 299 g/mol. The molecule has 0 spiro atoms. The standard InChI is InChI=1S/C11H14F3N3O2.ClH/c1-15-5-6-17(2)10(19)7-3-4-8(11(12,13)14)16-9(7)18;/h3-4,15H,5-6H2,1-2H3,(H,16,18);1H. The van der Waals surface area contributed by atoms with Gasteiger partial charge in [0, 0.05) is 20.1 Å². The van der Waals surface area contributed by atoms with E-state index < -0.39 is 23.3 Å². The summed E-state index contributed by atoms with van der Waals surface area (Å²) in [5.41, 5.74) is -2.53. The molecule has 0 aliphatic rings. The summed E-state index contributed by atoms with van der Waals surface area (Å²) in [5.74, 6) is -0.620. The minimum atomic E-state index is -4.64. The van der Waals surface area contributed by atoms with Gasteiger partial charge in [0.25, 0.3) is 11.5 Å². The number of aromatic nitrogens is 1. The fourth-order valence-corrected chi connectivity index (χ4v) is 1.39. The number of rotatable bonds is 4. The highest BCUT2D eigenvalue weighted by molar-refractivity contribution is 5.93. The topological polar surface area (TPSA) is 65.2 Å². The monoisotopic (exact) mass is 313 g/mol. The van der Waals surface area contributed by atoms with Gasteiger partial charge in [-0.1, -0.05) is 0 Å². The SMILES string of the molecule is CNCCN(C)C(=O)c1ccc(C(F)(F)F)[nH]c1=O.Cl. The van der Waals surface area contributed by atoms with Crippen LogP contribution in [0.3, 0.4) is 0 Å². The van der Waals surface area contributed by atoms with E-state index in [1.165, 1.54) is 11.9 Å². The average Bonchev–Trinajstić information content (AvgIpc) is 2.33. The van der Waals surface area contributed by atoms with Crippen molar-refractivity contribution in [1.82, 2.24) is 15.2 Å². The molecule has 5 nitrogen and oxygen atoms in total. The van der Waals surface area contributed by atoms with E-state index in [2.05, 4.69) is 5.32 Å². The van der Waals surface area contributed by atoms with Crippen molar-refractivity contribution in [3.05, 3.63) is 33.7 Å². The maximum absolute atomic E-state index is 12.4. The molecule has 0 aromatic carbocycles. The molecule has 1 aromatic heterocycles. The maximum Gasteiger partial charge on any atom is 0.431 e. The molecule has 0 bridgehead atoms. The summed E-state index contributed by atoms with van der Waals surface area (Å²) in [6.45, 7) is 0.858. The molecule has 1 heterocycles. The molecule has 1 amide bonds. The van der Waals surface area contributed by atoms with E-state index >= 15 is 0 Å². The molecular formula is C11H15ClF3N3O2. The van der Waals surface area contributed by atoms with Crippen LogP contribution in [0.4, 0.5) is 13.2 Å². The molecule has 0 saturated heterocycles. The normalized spacial score (nSPS) is 10.8. The van der Waals surface area contributed by atoms with Gasteiger partial charge in [-0.05, 0) is 19.2 Å². The highest BCUT2D eigenvalue weighted by Gasteiger charge is 2.32. The molecule has 0 saturated carbocycles. The van der Waals surface area contributed by atoms with Gasteiger partial charge in [-0.15, -0.1) is 12.4 Å². The van der Waals surface area contributed by atoms with Crippen LogP contribution in [0.25, 0.3) is 0 Å². The number of H-pyrrole nitrogens is 1. The number of halogens is 4. The summed E-state index contributed by atoms with van der Waals surface area (Å²) in [6.07, 6.45) is -4.64. The van der Waals surface area contributed by atoms with Gasteiger partial charge in [0.2, 0.25) is 0 Å². The summed E-state index contributed by atoms with van der Waals surface area (Å²) < 4.78 is 37.1. The van der Waals surface area contributed by atoms with E-state index in [1.54, 1.807) is 12.0 Å². The molecule has 9 heteroatoms. The van der Waals surface area contributed by atoms with Crippen LogP contribution in [-0.2, 0) is 6.18 Å². The molecule has 0 aliphatic heterocycles. The van der Waals surface area contributed by atoms with Crippen LogP contribution in [-0.4, -0.2) is 43.0 Å². The van der Waals surface area contributed by atoms with E-state index in [0.717, 1.165) is 6.07 Å². The lowest BCUT2D eigenvalue weighted by Crippen LogP contribution is -2.36. The number of nitrogens with one attached hydrogen (secondary N) is 2. The maximum atomic E-state index is 12.4. The van der Waals surface area contributed by atoms with Gasteiger partial charge < -0.3 is 15.2 Å². The van der Waals surface area contributed by atoms with Crippen molar-refractivity contribution in [1.29, 1.82) is 0 Å². The fourth-order valence-electron chi connectivity index (χ4n) is 1.39. The first-order valence-electron chi connectivity index (χ1n) is 5.48. The largest absolute Gasteiger partial charge is 0.431 e. The van der Waals surface area contributed by atoms with Crippen LogP contribution in [0.2, 0.25) is 0 Å². The molecule has 0 radical (unpaired) electrons. The lowest BCUT2D eigenvalue weighted by molar-refractivity contribution is -0.141. The second-order valence-electron chi connectivity index (χ2n) is 3.94. The first-order valence-corrected chi connectivity index (χ1v) is 5.48. The number of pyridine rings is 1. The lowest BCUT2D eigenvalue weighted by atomic mass is 10.2. The van der Waals surface area contributed by atoms with Crippen molar-refractivity contribution in [3.8, 4) is 0 Å². The molecule has 1 rings (SSSR count). The number of aromatic amines is 1. The summed E-state index contributed by atoms with van der Waals surface area (Å²) in [4.78, 5) is 26.2. The third-order valence-electron chi connectivity index (χ3n) is 2.49. The van der Waals surface area contributed by atoms with Crippen LogP contribution in [0.15, 0.2) is 16.9 Å². The molecule has 2 N–H and O–H groups in total. The van der Waals surface area contributed by atoms with Crippen LogP contribution < -0.4 is 10.9 Å². The zero-order chi connectivity index (χ0) is 14.6. The van der Waals surface area contributed by atoms with Crippen LogP contribution in [0.5, 0.6) is 0 Å². The summed E-state index contributed by atoms with van der Waals surface area (Å²) in [5, 5.41) is 2.82. The van der Waals surface area contributed by atoms with Gasteiger partial charge in [0.1, 0.15) is 11.3 Å². The first-order chi connectivity index (χ1) is 8.77. The van der Waals surface area contributed by atoms with Gasteiger partial charge in [0.15, 0.2) is 0 Å². The number of nitrogens with zero attached hydrogens (tertiary/aromatic N) is 1. The lowest BCUT2D eigenvalue weighted by Gasteiger charge is -2.16. The summed E-state index contributed by atoms with van der Waals surface area (Å²) in [6, 6.07) is 1.57. The molecule has 114 valence electrons. The number of likely N-dealkylation sites (N-methyl/N-ethyl adjacent to an activating group) is 2. The number of alkyl halides is 3. The van der Waals surface area contributed by atoms with E-state index in [4.69, 9.17) is 0 Å². The second-order valence-corrected chi connectivity index (χ2v) is 3.94. The fraction of sp³-hybridized carbons (Fsp3) is 0.455. The van der Waals surface area contributed by atoms with Crippen LogP contribution >= 0.6 is 12.4 Å². The Morgan fingerprint density at radius 3 is 2.45 bits per heavy atom. The third kappa shape index (κ3) is 4.53. The van der Waals surface area contributed by atoms with Crippen molar-refractivity contribution in [2.75, 3.05) is 27.2 Å². The zero-order valence-corrected chi connectivity index (χ0v) is 11.7. The van der Waals surface area contributed by atoms with Crippen molar-refractivity contribution < 1.29 is 18.0 Å². The molecule has 0 atom stereocenters. The molecule has 0 fully saturated rings. The third-order valence-corrected chi connectivity index (χ3v) is 2.49. The van der Waals surface area contributed by atoms with E-state index in [1.807, 2.05) is 0 Å². The van der Waals surface area contributed by atoms with Gasteiger partial charge in [0.05, 0.1) is 0 Å². The van der Waals surface area contributed by atoms with Crippen LogP contribution in [0.1, 0.15) is 16.1 Å². The van der Waals surface area contributed by atoms with E-state index in [0.29, 0.717) is 19.2 Å². The second kappa shape index (κ2) is 7.30. The number of amides is 1. The molecule has 20 heavy (non-hydrogen) atoms. The highest BCUT2D eigenvalue weighted by Crippen LogP contribution is 2.26. The zero-order valence-electron chi connectivity index (χ0n) is 10.9. The number of hydrogen-bond donors (Lipinski definition) is 2. The van der Waals surface area contributed by atoms with E-state index in [9.17, 15) is 22.8 Å². The molecule has 1 aromatic rings. The van der Waals surface area contributed by atoms with Crippen molar-refractivity contribution in [2.45, 2.75) is 6.18 Å². The smallest absolute Gasteiger partial charge is 0.340 e. The Hall–Kier alpha value is -1.54. The van der Waals surface area contributed by atoms with Crippen molar-refractivity contribution in [3.63, 3.8) is 0 Å². The first kappa shape index (κ1) is 18.5. The summed E-state index contributed by atoms with van der Waals surface area (Å²) >= 11 is 0. The number of hydrogen-bond acceptors (Lipinski definition) is 3. The van der Waals surface area contributed by atoms with Crippen LogP contribution in [0, 0.1) is 0 Å².